The maximum Gasteiger partial charge on any atom is 0.321 e. The minimum atomic E-state index is -0.855. The standard InChI is InChI=1S/C11H16N4O3S/c1-2-8-14-15-11(19-8)13-10(18)12-7-5-3-4-6(7)9(16)17/h6-7H,2-5H2,1H3,(H,16,17)(H2,12,13,15,18). The molecule has 2 amide bonds. The highest BCUT2D eigenvalue weighted by atomic mass is 32.1. The fraction of sp³-hybridized carbons (Fsp3) is 0.636. The summed E-state index contributed by atoms with van der Waals surface area (Å²) in [5, 5.41) is 23.3. The molecular formula is C11H16N4O3S. The van der Waals surface area contributed by atoms with Crippen molar-refractivity contribution in [2.45, 2.75) is 38.6 Å². The molecule has 8 heteroatoms. The molecule has 1 aromatic rings. The van der Waals surface area contributed by atoms with Crippen molar-refractivity contribution in [1.29, 1.82) is 0 Å². The van der Waals surface area contributed by atoms with Crippen molar-refractivity contribution >= 4 is 28.5 Å². The number of aryl methyl sites for hydroxylation is 1. The Labute approximate surface area is 114 Å². The largest absolute Gasteiger partial charge is 0.481 e. The lowest BCUT2D eigenvalue weighted by atomic mass is 10.0. The van der Waals surface area contributed by atoms with Crippen molar-refractivity contribution in [3.05, 3.63) is 5.01 Å². The molecule has 19 heavy (non-hydrogen) atoms. The third-order valence-corrected chi connectivity index (χ3v) is 4.12. The Hall–Kier alpha value is -1.70. The predicted molar refractivity (Wildman–Crippen MR) is 70.2 cm³/mol. The number of nitrogens with zero attached hydrogens (tertiary/aromatic N) is 2. The Morgan fingerprint density at radius 1 is 1.42 bits per heavy atom. The van der Waals surface area contributed by atoms with Gasteiger partial charge in [0.25, 0.3) is 0 Å². The zero-order valence-corrected chi connectivity index (χ0v) is 11.4. The predicted octanol–water partition coefficient (Wildman–Crippen LogP) is 1.48. The van der Waals surface area contributed by atoms with Gasteiger partial charge in [0.15, 0.2) is 0 Å². The van der Waals surface area contributed by atoms with E-state index in [0.29, 0.717) is 18.0 Å². The molecule has 2 rings (SSSR count). The molecule has 1 aliphatic carbocycles. The van der Waals surface area contributed by atoms with Crippen LogP contribution in [0.2, 0.25) is 0 Å². The molecule has 0 radical (unpaired) electrons. The maximum atomic E-state index is 11.8. The second-order valence-electron chi connectivity index (χ2n) is 4.44. The monoisotopic (exact) mass is 284 g/mol. The summed E-state index contributed by atoms with van der Waals surface area (Å²) in [6, 6.07) is -0.729. The van der Waals surface area contributed by atoms with Crippen LogP contribution in [0.15, 0.2) is 0 Å². The number of urea groups is 1. The summed E-state index contributed by atoms with van der Waals surface area (Å²) in [5.41, 5.74) is 0. The van der Waals surface area contributed by atoms with E-state index in [1.807, 2.05) is 6.92 Å². The Morgan fingerprint density at radius 2 is 2.21 bits per heavy atom. The first-order chi connectivity index (χ1) is 9.10. The van der Waals surface area contributed by atoms with Crippen LogP contribution in [-0.4, -0.2) is 33.3 Å². The summed E-state index contributed by atoms with van der Waals surface area (Å²) in [4.78, 5) is 22.8. The van der Waals surface area contributed by atoms with Crippen LogP contribution < -0.4 is 10.6 Å². The van der Waals surface area contributed by atoms with E-state index in [-0.39, 0.29) is 6.04 Å². The van der Waals surface area contributed by atoms with Gasteiger partial charge in [0, 0.05) is 6.04 Å². The van der Waals surface area contributed by atoms with E-state index in [2.05, 4.69) is 20.8 Å². The molecule has 2 unspecified atom stereocenters. The molecule has 1 aromatic heterocycles. The fourth-order valence-electron chi connectivity index (χ4n) is 2.18. The Balaban J connectivity index is 1.88. The first-order valence-corrected chi connectivity index (χ1v) is 7.04. The number of anilines is 1. The Bertz CT molecular complexity index is 476. The van der Waals surface area contributed by atoms with E-state index < -0.39 is 17.9 Å². The molecule has 7 nitrogen and oxygen atoms in total. The van der Waals surface area contributed by atoms with Gasteiger partial charge in [0.05, 0.1) is 5.92 Å². The van der Waals surface area contributed by atoms with Gasteiger partial charge in [-0.3, -0.25) is 10.1 Å². The van der Waals surface area contributed by atoms with E-state index in [4.69, 9.17) is 5.11 Å². The lowest BCUT2D eigenvalue weighted by Crippen LogP contribution is -2.42. The number of carbonyl (C=O) groups excluding carboxylic acids is 1. The smallest absolute Gasteiger partial charge is 0.321 e. The molecule has 1 heterocycles. The van der Waals surface area contributed by atoms with Crippen LogP contribution in [0, 0.1) is 5.92 Å². The Morgan fingerprint density at radius 3 is 2.84 bits per heavy atom. The highest BCUT2D eigenvalue weighted by Gasteiger charge is 2.33. The van der Waals surface area contributed by atoms with E-state index in [1.54, 1.807) is 0 Å². The first kappa shape index (κ1) is 13.7. The van der Waals surface area contributed by atoms with Gasteiger partial charge >= 0.3 is 12.0 Å². The van der Waals surface area contributed by atoms with Crippen molar-refractivity contribution in [3.8, 4) is 0 Å². The summed E-state index contributed by atoms with van der Waals surface area (Å²) in [6.45, 7) is 1.96. The number of hydrogen-bond donors (Lipinski definition) is 3. The quantitative estimate of drug-likeness (QED) is 0.776. The molecular weight excluding hydrogens is 268 g/mol. The zero-order valence-electron chi connectivity index (χ0n) is 10.5. The molecule has 0 saturated heterocycles. The molecule has 1 fully saturated rings. The van der Waals surface area contributed by atoms with E-state index in [1.165, 1.54) is 11.3 Å². The van der Waals surface area contributed by atoms with Gasteiger partial charge < -0.3 is 10.4 Å². The highest BCUT2D eigenvalue weighted by Crippen LogP contribution is 2.26. The number of carbonyl (C=O) groups is 2. The SMILES string of the molecule is CCc1nnc(NC(=O)NC2CCCC2C(=O)O)s1. The van der Waals surface area contributed by atoms with Crippen molar-refractivity contribution < 1.29 is 14.7 Å². The molecule has 1 aliphatic rings. The van der Waals surface area contributed by atoms with Crippen LogP contribution in [0.4, 0.5) is 9.93 Å². The average molecular weight is 284 g/mol. The van der Waals surface area contributed by atoms with Gasteiger partial charge in [0.2, 0.25) is 5.13 Å². The number of amides is 2. The van der Waals surface area contributed by atoms with Gasteiger partial charge in [-0.2, -0.15) is 0 Å². The number of carboxylic acid groups (broad SMARTS) is 1. The molecule has 0 aliphatic heterocycles. The molecule has 104 valence electrons. The number of carboxylic acids is 1. The van der Waals surface area contributed by atoms with Crippen molar-refractivity contribution in [2.24, 2.45) is 5.92 Å². The van der Waals surface area contributed by atoms with Gasteiger partial charge in [0.1, 0.15) is 5.01 Å². The summed E-state index contributed by atoms with van der Waals surface area (Å²) in [7, 11) is 0. The van der Waals surface area contributed by atoms with Crippen molar-refractivity contribution in [2.75, 3.05) is 5.32 Å². The number of rotatable bonds is 4. The van der Waals surface area contributed by atoms with E-state index in [0.717, 1.165) is 17.8 Å². The van der Waals surface area contributed by atoms with Gasteiger partial charge in [-0.1, -0.05) is 24.7 Å². The van der Waals surface area contributed by atoms with Crippen LogP contribution in [0.3, 0.4) is 0 Å². The summed E-state index contributed by atoms with van der Waals surface area (Å²) < 4.78 is 0. The molecule has 1 saturated carbocycles. The van der Waals surface area contributed by atoms with Crippen LogP contribution in [0.5, 0.6) is 0 Å². The second-order valence-corrected chi connectivity index (χ2v) is 5.50. The number of aromatic nitrogens is 2. The van der Waals surface area contributed by atoms with Crippen molar-refractivity contribution in [1.82, 2.24) is 15.5 Å². The zero-order chi connectivity index (χ0) is 13.8. The van der Waals surface area contributed by atoms with Crippen LogP contribution in [0.25, 0.3) is 0 Å². The number of aliphatic carboxylic acids is 1. The molecule has 2 atom stereocenters. The van der Waals surface area contributed by atoms with Gasteiger partial charge in [-0.25, -0.2) is 4.79 Å². The lowest BCUT2D eigenvalue weighted by Gasteiger charge is -2.17. The molecule has 3 N–H and O–H groups in total. The number of nitrogens with one attached hydrogen (secondary N) is 2. The van der Waals surface area contributed by atoms with Crippen LogP contribution in [0.1, 0.15) is 31.2 Å². The Kier molecular flexibility index (Phi) is 4.31. The summed E-state index contributed by atoms with van der Waals surface area (Å²) >= 11 is 1.32. The van der Waals surface area contributed by atoms with Gasteiger partial charge in [-0.05, 0) is 19.3 Å². The normalized spacial score (nSPS) is 22.2. The van der Waals surface area contributed by atoms with Crippen LogP contribution >= 0.6 is 11.3 Å². The topological polar surface area (TPSA) is 104 Å². The lowest BCUT2D eigenvalue weighted by molar-refractivity contribution is -0.142. The third-order valence-electron chi connectivity index (χ3n) is 3.14. The van der Waals surface area contributed by atoms with Crippen LogP contribution in [-0.2, 0) is 11.2 Å². The molecule has 0 spiro atoms. The first-order valence-electron chi connectivity index (χ1n) is 6.23. The minimum absolute atomic E-state index is 0.309. The summed E-state index contributed by atoms with van der Waals surface area (Å²) in [6.07, 6.45) is 2.89. The maximum absolute atomic E-state index is 11.8. The summed E-state index contributed by atoms with van der Waals surface area (Å²) in [5.74, 6) is -1.35. The fourth-order valence-corrected chi connectivity index (χ4v) is 2.85. The third kappa shape index (κ3) is 3.40. The second kappa shape index (κ2) is 5.96. The highest BCUT2D eigenvalue weighted by molar-refractivity contribution is 7.15. The molecule has 0 bridgehead atoms. The average Bonchev–Trinajstić information content (AvgIpc) is 2.97. The molecule has 0 aromatic carbocycles. The van der Waals surface area contributed by atoms with Crippen molar-refractivity contribution in [3.63, 3.8) is 0 Å². The number of hydrogen-bond acceptors (Lipinski definition) is 5. The minimum Gasteiger partial charge on any atom is -0.481 e. The van der Waals surface area contributed by atoms with E-state index in [9.17, 15) is 9.59 Å². The van der Waals surface area contributed by atoms with Gasteiger partial charge in [-0.15, -0.1) is 10.2 Å². The van der Waals surface area contributed by atoms with E-state index >= 15 is 0 Å².